The van der Waals surface area contributed by atoms with Gasteiger partial charge in [-0.3, -0.25) is 4.90 Å². The Balaban J connectivity index is 1.62. The molecule has 2 heterocycles. The molecule has 4 rings (SSSR count). The first kappa shape index (κ1) is 27.7. The van der Waals surface area contributed by atoms with Crippen molar-refractivity contribution < 1.29 is 32.3 Å². The molecule has 38 heavy (non-hydrogen) atoms. The molecule has 0 radical (unpaired) electrons. The minimum absolute atomic E-state index is 0.0615. The topological polar surface area (TPSA) is 88.7 Å². The Bertz CT molecular complexity index is 1350. The van der Waals surface area contributed by atoms with Gasteiger partial charge < -0.3 is 14.4 Å². The zero-order valence-electron chi connectivity index (χ0n) is 21.1. The van der Waals surface area contributed by atoms with Crippen LogP contribution in [0.15, 0.2) is 57.5 Å². The summed E-state index contributed by atoms with van der Waals surface area (Å²) in [6.45, 7) is 5.84. The van der Waals surface area contributed by atoms with Crippen molar-refractivity contribution in [2.45, 2.75) is 45.3 Å². The predicted octanol–water partition coefficient (Wildman–Crippen LogP) is 7.63. The van der Waals surface area contributed by atoms with Crippen LogP contribution in [-0.4, -0.2) is 39.4 Å². The fourth-order valence-corrected chi connectivity index (χ4v) is 5.28. The molecule has 0 aliphatic carbocycles. The van der Waals surface area contributed by atoms with Gasteiger partial charge in [0.05, 0.1) is 5.56 Å². The Hall–Kier alpha value is -3.34. The van der Waals surface area contributed by atoms with Crippen LogP contribution in [0.25, 0.3) is 17.5 Å². The van der Waals surface area contributed by atoms with Crippen molar-refractivity contribution in [1.29, 1.82) is 0 Å². The Labute approximate surface area is 226 Å². The molecule has 1 aliphatic heterocycles. The standard InChI is InChI=1S/C27H27BrF3N3O4/c1-25(2,3)26(12-6-13-34(26)24(35)36)23-32-22(33-38-23)18-10-11-21(20(16-18)27(29,30)31)37-14-5-8-17-7-4-9-19(28)15-17/h4-5,7-11,15-16H,6,12-14H2,1-3H3,(H,35,36). The average Bonchev–Trinajstić information content (AvgIpc) is 3.49. The molecule has 1 aromatic heterocycles. The molecule has 2 aromatic carbocycles. The zero-order valence-corrected chi connectivity index (χ0v) is 22.6. The second-order valence-corrected chi connectivity index (χ2v) is 11.0. The first-order chi connectivity index (χ1) is 17.8. The summed E-state index contributed by atoms with van der Waals surface area (Å²) in [4.78, 5) is 17.7. The van der Waals surface area contributed by atoms with Crippen molar-refractivity contribution in [2.24, 2.45) is 5.41 Å². The van der Waals surface area contributed by atoms with E-state index in [4.69, 9.17) is 9.26 Å². The zero-order chi connectivity index (χ0) is 27.7. The van der Waals surface area contributed by atoms with E-state index in [2.05, 4.69) is 26.1 Å². The van der Waals surface area contributed by atoms with E-state index in [0.717, 1.165) is 16.1 Å². The van der Waals surface area contributed by atoms with Crippen LogP contribution < -0.4 is 4.74 Å². The summed E-state index contributed by atoms with van der Waals surface area (Å²) in [5.74, 6) is -0.332. The van der Waals surface area contributed by atoms with E-state index < -0.39 is 28.8 Å². The number of aromatic nitrogens is 2. The monoisotopic (exact) mass is 593 g/mol. The number of nitrogens with zero attached hydrogens (tertiary/aromatic N) is 3. The van der Waals surface area contributed by atoms with Gasteiger partial charge in [-0.2, -0.15) is 18.2 Å². The summed E-state index contributed by atoms with van der Waals surface area (Å²) in [6.07, 6.45) is -1.37. The highest BCUT2D eigenvalue weighted by Crippen LogP contribution is 2.51. The van der Waals surface area contributed by atoms with E-state index in [1.165, 1.54) is 17.0 Å². The lowest BCUT2D eigenvalue weighted by molar-refractivity contribution is -0.138. The second-order valence-electron chi connectivity index (χ2n) is 10.0. The molecule has 0 saturated carbocycles. The normalized spacial score (nSPS) is 18.3. The van der Waals surface area contributed by atoms with Crippen molar-refractivity contribution in [3.63, 3.8) is 0 Å². The van der Waals surface area contributed by atoms with Crippen LogP contribution in [0.5, 0.6) is 5.75 Å². The third-order valence-electron chi connectivity index (χ3n) is 6.67. The smallest absolute Gasteiger partial charge is 0.419 e. The molecule has 11 heteroatoms. The number of halogens is 4. The highest BCUT2D eigenvalue weighted by molar-refractivity contribution is 9.10. The number of carboxylic acid groups (broad SMARTS) is 1. The largest absolute Gasteiger partial charge is 0.489 e. The van der Waals surface area contributed by atoms with Crippen molar-refractivity contribution in [3.8, 4) is 17.1 Å². The number of ether oxygens (including phenoxy) is 1. The van der Waals surface area contributed by atoms with Gasteiger partial charge in [-0.15, -0.1) is 0 Å². The Kier molecular flexibility index (Phi) is 7.60. The van der Waals surface area contributed by atoms with Gasteiger partial charge in [0.1, 0.15) is 17.9 Å². The molecule has 1 saturated heterocycles. The van der Waals surface area contributed by atoms with Crippen LogP contribution >= 0.6 is 15.9 Å². The summed E-state index contributed by atoms with van der Waals surface area (Å²) >= 11 is 3.37. The van der Waals surface area contributed by atoms with Crippen molar-refractivity contribution in [1.82, 2.24) is 15.0 Å². The number of likely N-dealkylation sites (tertiary alicyclic amines) is 1. The quantitative estimate of drug-likeness (QED) is 0.316. The van der Waals surface area contributed by atoms with Crippen LogP contribution in [0.4, 0.5) is 18.0 Å². The predicted molar refractivity (Wildman–Crippen MR) is 139 cm³/mol. The minimum Gasteiger partial charge on any atom is -0.489 e. The Morgan fingerprint density at radius 2 is 2.00 bits per heavy atom. The van der Waals surface area contributed by atoms with Gasteiger partial charge in [0.25, 0.3) is 5.89 Å². The fraction of sp³-hybridized carbons (Fsp3) is 0.370. The van der Waals surface area contributed by atoms with Gasteiger partial charge in [0, 0.05) is 16.6 Å². The van der Waals surface area contributed by atoms with Gasteiger partial charge in [-0.05, 0) is 60.2 Å². The lowest BCUT2D eigenvalue weighted by Crippen LogP contribution is -2.53. The highest BCUT2D eigenvalue weighted by atomic mass is 79.9. The number of rotatable bonds is 6. The molecule has 0 spiro atoms. The molecule has 202 valence electrons. The summed E-state index contributed by atoms with van der Waals surface area (Å²) in [5.41, 5.74) is -1.73. The fourth-order valence-electron chi connectivity index (χ4n) is 4.86. The maximum atomic E-state index is 13.9. The van der Waals surface area contributed by atoms with Gasteiger partial charge in [-0.25, -0.2) is 4.79 Å². The van der Waals surface area contributed by atoms with Gasteiger partial charge in [0.15, 0.2) is 0 Å². The van der Waals surface area contributed by atoms with Crippen LogP contribution in [0.1, 0.15) is 50.6 Å². The maximum Gasteiger partial charge on any atom is 0.419 e. The molecule has 1 fully saturated rings. The van der Waals surface area contributed by atoms with E-state index in [1.807, 2.05) is 45.0 Å². The van der Waals surface area contributed by atoms with E-state index in [9.17, 15) is 23.1 Å². The number of alkyl halides is 3. The molecule has 7 nitrogen and oxygen atoms in total. The van der Waals surface area contributed by atoms with Crippen LogP contribution in [0, 0.1) is 5.41 Å². The lowest BCUT2D eigenvalue weighted by atomic mass is 9.71. The molecule has 1 amide bonds. The first-order valence-corrected chi connectivity index (χ1v) is 12.7. The number of hydrogen-bond donors (Lipinski definition) is 1. The summed E-state index contributed by atoms with van der Waals surface area (Å²) in [6, 6.07) is 11.0. The highest BCUT2D eigenvalue weighted by Gasteiger charge is 2.57. The summed E-state index contributed by atoms with van der Waals surface area (Å²) < 4.78 is 53.6. The molecular weight excluding hydrogens is 567 g/mol. The third kappa shape index (κ3) is 5.43. The summed E-state index contributed by atoms with van der Waals surface area (Å²) in [5, 5.41) is 13.7. The van der Waals surface area contributed by atoms with E-state index in [1.54, 1.807) is 12.2 Å². The first-order valence-electron chi connectivity index (χ1n) is 11.9. The van der Waals surface area contributed by atoms with E-state index in [-0.39, 0.29) is 29.6 Å². The third-order valence-corrected chi connectivity index (χ3v) is 7.16. The molecule has 3 aromatic rings. The van der Waals surface area contributed by atoms with Gasteiger partial charge in [-0.1, -0.05) is 60.1 Å². The number of carbonyl (C=O) groups is 1. The Morgan fingerprint density at radius 3 is 2.66 bits per heavy atom. The van der Waals surface area contributed by atoms with Crippen LogP contribution in [0.2, 0.25) is 0 Å². The minimum atomic E-state index is -4.69. The lowest BCUT2D eigenvalue weighted by Gasteiger charge is -2.43. The van der Waals surface area contributed by atoms with E-state index >= 15 is 0 Å². The number of hydrogen-bond acceptors (Lipinski definition) is 5. The number of benzene rings is 2. The molecule has 1 N–H and O–H groups in total. The van der Waals surface area contributed by atoms with Crippen molar-refractivity contribution in [3.05, 3.63) is 70.0 Å². The molecule has 0 bridgehead atoms. The second kappa shape index (κ2) is 10.4. The molecule has 1 unspecified atom stereocenters. The molecule has 1 aliphatic rings. The maximum absolute atomic E-state index is 13.9. The Morgan fingerprint density at radius 1 is 1.24 bits per heavy atom. The van der Waals surface area contributed by atoms with Crippen LogP contribution in [-0.2, 0) is 11.7 Å². The average molecular weight is 594 g/mol. The van der Waals surface area contributed by atoms with Gasteiger partial charge >= 0.3 is 12.3 Å². The molecular formula is C27H27BrF3N3O4. The SMILES string of the molecule is CC(C)(C)C1(c2nc(-c3ccc(OCC=Cc4cccc(Br)c4)c(C(F)(F)F)c3)no2)CCCN1C(=O)O. The molecule has 1 atom stereocenters. The summed E-state index contributed by atoms with van der Waals surface area (Å²) in [7, 11) is 0. The van der Waals surface area contributed by atoms with E-state index in [0.29, 0.717) is 19.4 Å². The van der Waals surface area contributed by atoms with Crippen molar-refractivity contribution in [2.75, 3.05) is 13.2 Å². The number of amides is 1. The van der Waals surface area contributed by atoms with Gasteiger partial charge in [0.2, 0.25) is 5.82 Å². The van der Waals surface area contributed by atoms with Crippen LogP contribution in [0.3, 0.4) is 0 Å². The van der Waals surface area contributed by atoms with Crippen molar-refractivity contribution >= 4 is 28.1 Å².